The van der Waals surface area contributed by atoms with E-state index in [1.165, 1.54) is 6.92 Å². The first-order valence-corrected chi connectivity index (χ1v) is 9.34. The molecular formula is C21H20ClN3O4. The number of benzene rings is 2. The van der Waals surface area contributed by atoms with Crippen molar-refractivity contribution in [1.82, 2.24) is 10.3 Å². The number of halogens is 1. The van der Waals surface area contributed by atoms with Crippen molar-refractivity contribution in [3.8, 4) is 0 Å². The topological polar surface area (TPSA) is 114 Å². The van der Waals surface area contributed by atoms with Crippen LogP contribution in [0.4, 0.5) is 4.79 Å². The van der Waals surface area contributed by atoms with Gasteiger partial charge in [0, 0.05) is 27.7 Å². The summed E-state index contributed by atoms with van der Waals surface area (Å²) >= 11 is 5.88. The molecule has 2 atom stereocenters. The Balaban J connectivity index is 1.69. The number of para-hydroxylation sites is 1. The quantitative estimate of drug-likeness (QED) is 0.404. The highest BCUT2D eigenvalue weighted by Crippen LogP contribution is 2.22. The maximum atomic E-state index is 12.7. The number of rotatable bonds is 7. The van der Waals surface area contributed by atoms with Gasteiger partial charge < -0.3 is 20.8 Å². The van der Waals surface area contributed by atoms with Crippen molar-refractivity contribution in [2.75, 3.05) is 0 Å². The van der Waals surface area contributed by atoms with Crippen molar-refractivity contribution in [2.24, 2.45) is 5.73 Å². The summed E-state index contributed by atoms with van der Waals surface area (Å²) in [6, 6.07) is 12.5. The van der Waals surface area contributed by atoms with Crippen molar-refractivity contribution < 1.29 is 19.1 Å². The first kappa shape index (κ1) is 20.4. The van der Waals surface area contributed by atoms with E-state index in [1.54, 1.807) is 30.5 Å². The number of primary amides is 1. The van der Waals surface area contributed by atoms with Gasteiger partial charge in [-0.05, 0) is 30.7 Å². The van der Waals surface area contributed by atoms with E-state index in [4.69, 9.17) is 22.1 Å². The summed E-state index contributed by atoms with van der Waals surface area (Å²) in [5.74, 6) is -0.957. The molecule has 3 rings (SSSR count). The van der Waals surface area contributed by atoms with Gasteiger partial charge in [-0.3, -0.25) is 9.59 Å². The second-order valence-electron chi connectivity index (χ2n) is 6.56. The van der Waals surface area contributed by atoms with Gasteiger partial charge in [-0.15, -0.1) is 0 Å². The number of ketones is 1. The second-order valence-corrected chi connectivity index (χ2v) is 7.00. The fraction of sp³-hybridized carbons (Fsp3) is 0.190. The van der Waals surface area contributed by atoms with Gasteiger partial charge in [-0.1, -0.05) is 41.9 Å². The Hall–Kier alpha value is -3.32. The van der Waals surface area contributed by atoms with Crippen LogP contribution in [-0.2, 0) is 9.53 Å². The van der Waals surface area contributed by atoms with Gasteiger partial charge in [0.15, 0.2) is 6.10 Å². The maximum absolute atomic E-state index is 12.7. The third-order valence-electron chi connectivity index (χ3n) is 4.49. The minimum Gasteiger partial charge on any atom is -0.454 e. The monoisotopic (exact) mass is 413 g/mol. The van der Waals surface area contributed by atoms with Crippen LogP contribution in [-0.4, -0.2) is 28.9 Å². The zero-order valence-electron chi connectivity index (χ0n) is 15.6. The Kier molecular flexibility index (Phi) is 6.19. The maximum Gasteiger partial charge on any atom is 0.312 e. The lowest BCUT2D eigenvalue weighted by Gasteiger charge is -2.19. The Morgan fingerprint density at radius 3 is 2.52 bits per heavy atom. The summed E-state index contributed by atoms with van der Waals surface area (Å²) in [5.41, 5.74) is 7.13. The first-order valence-electron chi connectivity index (χ1n) is 8.96. The van der Waals surface area contributed by atoms with E-state index >= 15 is 0 Å². The number of Topliss-reactive ketones (excluding diaryl/α,β-unsaturated/α-hetero) is 1. The number of nitrogens with one attached hydrogen (secondary N) is 2. The van der Waals surface area contributed by atoms with E-state index in [-0.39, 0.29) is 12.2 Å². The molecule has 1 heterocycles. The molecule has 2 amide bonds. The first-order chi connectivity index (χ1) is 13.8. The molecule has 0 fully saturated rings. The number of aromatic amines is 1. The second kappa shape index (κ2) is 8.79. The molecule has 1 aromatic heterocycles. The van der Waals surface area contributed by atoms with E-state index in [0.29, 0.717) is 16.1 Å². The van der Waals surface area contributed by atoms with E-state index in [1.807, 2.05) is 24.3 Å². The van der Waals surface area contributed by atoms with E-state index in [9.17, 15) is 14.4 Å². The molecule has 29 heavy (non-hydrogen) atoms. The van der Waals surface area contributed by atoms with Crippen molar-refractivity contribution in [3.05, 3.63) is 70.9 Å². The van der Waals surface area contributed by atoms with Crippen LogP contribution in [0.2, 0.25) is 5.02 Å². The predicted molar refractivity (Wildman–Crippen MR) is 110 cm³/mol. The fourth-order valence-corrected chi connectivity index (χ4v) is 3.20. The lowest BCUT2D eigenvalue weighted by Crippen LogP contribution is -2.35. The molecule has 8 heteroatoms. The zero-order chi connectivity index (χ0) is 21.0. The number of nitrogens with two attached hydrogens (primary N) is 1. The van der Waals surface area contributed by atoms with Crippen LogP contribution in [0.5, 0.6) is 0 Å². The van der Waals surface area contributed by atoms with E-state index < -0.39 is 24.1 Å². The summed E-state index contributed by atoms with van der Waals surface area (Å²) in [5, 5.41) is 3.79. The number of carbonyl (C=O) groups is 3. The fourth-order valence-electron chi connectivity index (χ4n) is 3.08. The number of urea groups is 1. The number of esters is 1. The molecule has 0 bridgehead atoms. The number of carbonyl (C=O) groups excluding carboxylic acids is 3. The summed E-state index contributed by atoms with van der Waals surface area (Å²) in [4.78, 5) is 39.5. The Bertz CT molecular complexity index is 1050. The number of hydrogen-bond donors (Lipinski definition) is 3. The molecule has 2 aromatic carbocycles. The van der Waals surface area contributed by atoms with Gasteiger partial charge >= 0.3 is 12.0 Å². The smallest absolute Gasteiger partial charge is 0.312 e. The van der Waals surface area contributed by atoms with Crippen LogP contribution in [0.15, 0.2) is 54.7 Å². The third kappa shape index (κ3) is 4.94. The van der Waals surface area contributed by atoms with Gasteiger partial charge in [0.25, 0.3) is 0 Å². The van der Waals surface area contributed by atoms with Crippen LogP contribution in [0.25, 0.3) is 10.9 Å². The Labute approximate surface area is 172 Å². The van der Waals surface area contributed by atoms with Gasteiger partial charge in [-0.2, -0.15) is 0 Å². The molecule has 150 valence electrons. The summed E-state index contributed by atoms with van der Waals surface area (Å²) in [7, 11) is 0. The molecule has 0 aliphatic rings. The molecule has 0 aliphatic carbocycles. The number of amides is 2. The van der Waals surface area contributed by atoms with Crippen LogP contribution >= 0.6 is 11.6 Å². The molecule has 4 N–H and O–H groups in total. The van der Waals surface area contributed by atoms with Gasteiger partial charge in [0.2, 0.25) is 5.78 Å². The van der Waals surface area contributed by atoms with Crippen LogP contribution < -0.4 is 11.1 Å². The molecule has 0 saturated heterocycles. The Morgan fingerprint density at radius 1 is 1.14 bits per heavy atom. The third-order valence-corrected chi connectivity index (χ3v) is 4.74. The molecule has 0 radical (unpaired) electrons. The number of aromatic nitrogens is 1. The number of fused-ring (bicyclic) bond motifs is 1. The molecule has 3 aromatic rings. The molecule has 7 nitrogen and oxygen atoms in total. The minimum absolute atomic E-state index is 0.184. The average molecular weight is 414 g/mol. The summed E-state index contributed by atoms with van der Waals surface area (Å²) in [6.07, 6.45) is 0.430. The molecule has 0 aliphatic heterocycles. The van der Waals surface area contributed by atoms with Crippen molar-refractivity contribution >= 4 is 40.3 Å². The average Bonchev–Trinajstić information content (AvgIpc) is 3.11. The van der Waals surface area contributed by atoms with Gasteiger partial charge in [0.05, 0.1) is 12.5 Å². The molecule has 0 spiro atoms. The molecule has 0 unspecified atom stereocenters. The van der Waals surface area contributed by atoms with Crippen LogP contribution in [0.1, 0.15) is 35.3 Å². The predicted octanol–water partition coefficient (Wildman–Crippen LogP) is 3.74. The largest absolute Gasteiger partial charge is 0.454 e. The lowest BCUT2D eigenvalue weighted by molar-refractivity contribution is -0.146. The highest BCUT2D eigenvalue weighted by atomic mass is 35.5. The van der Waals surface area contributed by atoms with E-state index in [0.717, 1.165) is 10.9 Å². The summed E-state index contributed by atoms with van der Waals surface area (Å²) in [6.45, 7) is 1.51. The van der Waals surface area contributed by atoms with Crippen molar-refractivity contribution in [3.63, 3.8) is 0 Å². The van der Waals surface area contributed by atoms with Gasteiger partial charge in [0.1, 0.15) is 0 Å². The van der Waals surface area contributed by atoms with Gasteiger partial charge in [-0.25, -0.2) is 4.79 Å². The lowest BCUT2D eigenvalue weighted by atomic mass is 10.0. The SMILES string of the molecule is C[C@@H](OC(=O)C[C@@H](NC(N)=O)c1ccc(Cl)cc1)C(=O)c1c[nH]c2ccccc12. The van der Waals surface area contributed by atoms with Crippen molar-refractivity contribution in [1.29, 1.82) is 0 Å². The normalized spacial score (nSPS) is 12.9. The van der Waals surface area contributed by atoms with Crippen LogP contribution in [0.3, 0.4) is 0 Å². The van der Waals surface area contributed by atoms with E-state index in [2.05, 4.69) is 10.3 Å². The molecular weight excluding hydrogens is 394 g/mol. The van der Waals surface area contributed by atoms with Crippen LogP contribution in [0, 0.1) is 0 Å². The zero-order valence-corrected chi connectivity index (χ0v) is 16.4. The van der Waals surface area contributed by atoms with Crippen molar-refractivity contribution in [2.45, 2.75) is 25.5 Å². The summed E-state index contributed by atoms with van der Waals surface area (Å²) < 4.78 is 5.32. The molecule has 0 saturated carbocycles. The number of ether oxygens (including phenoxy) is 1. The Morgan fingerprint density at radius 2 is 1.83 bits per heavy atom. The number of H-pyrrole nitrogens is 1. The highest BCUT2D eigenvalue weighted by molar-refractivity contribution is 6.30. The highest BCUT2D eigenvalue weighted by Gasteiger charge is 2.25. The standard InChI is InChI=1S/C21H20ClN3O4/c1-12(20(27)16-11-24-17-5-3-2-4-15(16)17)29-19(26)10-18(25-21(23)28)13-6-8-14(22)9-7-13/h2-9,11-12,18,24H,10H2,1H3,(H3,23,25,28)/t12-,18-/m1/s1. The number of hydrogen-bond acceptors (Lipinski definition) is 4. The minimum atomic E-state index is -0.985.